The Bertz CT molecular complexity index is 868. The first-order valence-electron chi connectivity index (χ1n) is 7.71. The summed E-state index contributed by atoms with van der Waals surface area (Å²) in [5.74, 6) is -0.308. The van der Waals surface area contributed by atoms with Crippen LogP contribution in [0.25, 0.3) is 0 Å². The number of nitrogens with one attached hydrogen (secondary N) is 1. The van der Waals surface area contributed by atoms with Crippen molar-refractivity contribution in [2.75, 3.05) is 5.32 Å². The molecule has 0 bridgehead atoms. The number of allylic oxidation sites excluding steroid dienone is 2. The SMILES string of the molecule is O=[N+]([O-])c1ccc(Cl)c2c1[C@@H]1C=CC[C@H]1[C@@H](c1cccc(F)c1)N2. The zero-order valence-electron chi connectivity index (χ0n) is 12.6. The fourth-order valence-electron chi connectivity index (χ4n) is 3.84. The van der Waals surface area contributed by atoms with E-state index in [4.69, 9.17) is 11.6 Å². The van der Waals surface area contributed by atoms with E-state index in [9.17, 15) is 14.5 Å². The van der Waals surface area contributed by atoms with Gasteiger partial charge in [0, 0.05) is 12.0 Å². The van der Waals surface area contributed by atoms with Gasteiger partial charge in [-0.1, -0.05) is 35.9 Å². The molecule has 1 heterocycles. The van der Waals surface area contributed by atoms with Gasteiger partial charge in [-0.05, 0) is 36.1 Å². The lowest BCUT2D eigenvalue weighted by molar-refractivity contribution is -0.385. The van der Waals surface area contributed by atoms with Crippen molar-refractivity contribution in [3.63, 3.8) is 0 Å². The summed E-state index contributed by atoms with van der Waals surface area (Å²) in [6.07, 6.45) is 4.81. The van der Waals surface area contributed by atoms with Crippen LogP contribution in [0.4, 0.5) is 15.8 Å². The lowest BCUT2D eigenvalue weighted by atomic mass is 9.76. The number of hydrogen-bond acceptors (Lipinski definition) is 3. The second-order valence-electron chi connectivity index (χ2n) is 6.14. The molecule has 24 heavy (non-hydrogen) atoms. The second kappa shape index (κ2) is 5.60. The summed E-state index contributed by atoms with van der Waals surface area (Å²) in [5.41, 5.74) is 2.09. The van der Waals surface area contributed by atoms with Crippen molar-refractivity contribution in [2.24, 2.45) is 5.92 Å². The molecule has 4 rings (SSSR count). The summed E-state index contributed by atoms with van der Waals surface area (Å²) in [5, 5.41) is 15.2. The van der Waals surface area contributed by atoms with E-state index in [0.29, 0.717) is 16.3 Å². The summed E-state index contributed by atoms with van der Waals surface area (Å²) < 4.78 is 13.7. The summed E-state index contributed by atoms with van der Waals surface area (Å²) >= 11 is 6.31. The van der Waals surface area contributed by atoms with Gasteiger partial charge in [0.2, 0.25) is 0 Å². The minimum Gasteiger partial charge on any atom is -0.376 e. The second-order valence-corrected chi connectivity index (χ2v) is 6.55. The Kier molecular flexibility index (Phi) is 3.53. The predicted octanol–water partition coefficient (Wildman–Crippen LogP) is 5.21. The number of hydrogen-bond donors (Lipinski definition) is 1. The number of halogens is 2. The molecule has 0 spiro atoms. The molecule has 2 aliphatic rings. The standard InChI is InChI=1S/C18H14ClFN2O2/c19-14-7-8-15(22(23)24)16-12-5-2-6-13(12)17(21-18(14)16)10-3-1-4-11(20)9-10/h1-5,7-9,12-13,17,21H,6H2/t12-,13-,17-/m1/s1. The normalized spacial score (nSPS) is 24.2. The minimum atomic E-state index is -0.372. The molecule has 0 unspecified atom stereocenters. The van der Waals surface area contributed by atoms with Crippen LogP contribution in [0.3, 0.4) is 0 Å². The quantitative estimate of drug-likeness (QED) is 0.462. The third-order valence-electron chi connectivity index (χ3n) is 4.85. The maximum atomic E-state index is 13.7. The molecule has 0 saturated carbocycles. The molecule has 1 N–H and O–H groups in total. The van der Waals surface area contributed by atoms with Crippen LogP contribution in [0, 0.1) is 21.8 Å². The highest BCUT2D eigenvalue weighted by atomic mass is 35.5. The molecule has 0 radical (unpaired) electrons. The van der Waals surface area contributed by atoms with E-state index >= 15 is 0 Å². The Morgan fingerprint density at radius 2 is 2.12 bits per heavy atom. The largest absolute Gasteiger partial charge is 0.376 e. The van der Waals surface area contributed by atoms with Gasteiger partial charge in [-0.15, -0.1) is 0 Å². The summed E-state index contributed by atoms with van der Waals surface area (Å²) in [6.45, 7) is 0. The Morgan fingerprint density at radius 3 is 2.88 bits per heavy atom. The molecule has 4 nitrogen and oxygen atoms in total. The smallest absolute Gasteiger partial charge is 0.275 e. The van der Waals surface area contributed by atoms with Crippen LogP contribution in [0.1, 0.15) is 29.5 Å². The number of benzene rings is 2. The number of rotatable bonds is 2. The van der Waals surface area contributed by atoms with E-state index in [2.05, 4.69) is 5.32 Å². The van der Waals surface area contributed by atoms with Crippen LogP contribution >= 0.6 is 11.6 Å². The van der Waals surface area contributed by atoms with Crippen LogP contribution in [-0.2, 0) is 0 Å². The number of nitro groups is 1. The molecule has 3 atom stereocenters. The van der Waals surface area contributed by atoms with Crippen molar-refractivity contribution in [1.29, 1.82) is 0 Å². The molecule has 2 aromatic carbocycles. The van der Waals surface area contributed by atoms with Gasteiger partial charge < -0.3 is 5.32 Å². The van der Waals surface area contributed by atoms with Crippen LogP contribution in [0.15, 0.2) is 48.6 Å². The van der Waals surface area contributed by atoms with Crippen molar-refractivity contribution in [3.8, 4) is 0 Å². The number of anilines is 1. The molecule has 0 saturated heterocycles. The van der Waals surface area contributed by atoms with E-state index in [0.717, 1.165) is 12.0 Å². The topological polar surface area (TPSA) is 55.2 Å². The van der Waals surface area contributed by atoms with Crippen LogP contribution < -0.4 is 5.32 Å². The van der Waals surface area contributed by atoms with Crippen molar-refractivity contribution >= 4 is 23.0 Å². The van der Waals surface area contributed by atoms with Crippen molar-refractivity contribution in [1.82, 2.24) is 0 Å². The Labute approximate surface area is 143 Å². The zero-order chi connectivity index (χ0) is 16.8. The Balaban J connectivity index is 1.88. The average Bonchev–Trinajstić information content (AvgIpc) is 3.04. The van der Waals surface area contributed by atoms with E-state index in [1.807, 2.05) is 18.2 Å². The molecular formula is C18H14ClFN2O2. The molecule has 2 aromatic rings. The maximum absolute atomic E-state index is 13.7. The van der Waals surface area contributed by atoms with Gasteiger partial charge in [-0.25, -0.2) is 4.39 Å². The van der Waals surface area contributed by atoms with E-state index in [-0.39, 0.29) is 34.3 Å². The van der Waals surface area contributed by atoms with Gasteiger partial charge in [0.25, 0.3) is 5.69 Å². The van der Waals surface area contributed by atoms with Crippen molar-refractivity contribution < 1.29 is 9.31 Å². The van der Waals surface area contributed by atoms with Gasteiger partial charge in [-0.2, -0.15) is 0 Å². The number of fused-ring (bicyclic) bond motifs is 3. The molecule has 122 valence electrons. The van der Waals surface area contributed by atoms with Crippen LogP contribution in [0.2, 0.25) is 5.02 Å². The minimum absolute atomic E-state index is 0.0705. The highest BCUT2D eigenvalue weighted by Gasteiger charge is 2.42. The summed E-state index contributed by atoms with van der Waals surface area (Å²) in [4.78, 5) is 11.1. The first-order valence-corrected chi connectivity index (χ1v) is 8.09. The van der Waals surface area contributed by atoms with Crippen LogP contribution in [-0.4, -0.2) is 4.92 Å². The lowest BCUT2D eigenvalue weighted by Gasteiger charge is -2.37. The van der Waals surface area contributed by atoms with Crippen molar-refractivity contribution in [3.05, 3.63) is 80.6 Å². The predicted molar refractivity (Wildman–Crippen MR) is 90.9 cm³/mol. The van der Waals surface area contributed by atoms with E-state index in [1.165, 1.54) is 24.3 Å². The van der Waals surface area contributed by atoms with E-state index < -0.39 is 0 Å². The first kappa shape index (κ1) is 15.1. The van der Waals surface area contributed by atoms with Gasteiger partial charge in [0.1, 0.15) is 5.82 Å². The third-order valence-corrected chi connectivity index (χ3v) is 5.17. The maximum Gasteiger partial charge on any atom is 0.275 e. The lowest BCUT2D eigenvalue weighted by Crippen LogP contribution is -2.30. The molecule has 0 fully saturated rings. The Morgan fingerprint density at radius 1 is 1.29 bits per heavy atom. The molecule has 1 aliphatic carbocycles. The summed E-state index contributed by atoms with van der Waals surface area (Å²) in [7, 11) is 0. The zero-order valence-corrected chi connectivity index (χ0v) is 13.3. The third kappa shape index (κ3) is 2.27. The van der Waals surface area contributed by atoms with Gasteiger partial charge in [0.15, 0.2) is 0 Å². The highest BCUT2D eigenvalue weighted by Crippen LogP contribution is 2.54. The van der Waals surface area contributed by atoms with Gasteiger partial charge in [0.05, 0.1) is 27.2 Å². The fourth-order valence-corrected chi connectivity index (χ4v) is 4.06. The highest BCUT2D eigenvalue weighted by molar-refractivity contribution is 6.33. The monoisotopic (exact) mass is 344 g/mol. The van der Waals surface area contributed by atoms with E-state index in [1.54, 1.807) is 6.07 Å². The molecule has 0 aromatic heterocycles. The molecular weight excluding hydrogens is 331 g/mol. The average molecular weight is 345 g/mol. The molecule has 6 heteroatoms. The summed E-state index contributed by atoms with van der Waals surface area (Å²) in [6, 6.07) is 9.29. The number of nitro benzene ring substituents is 1. The molecule has 1 aliphatic heterocycles. The van der Waals surface area contributed by atoms with Gasteiger partial charge in [-0.3, -0.25) is 10.1 Å². The van der Waals surface area contributed by atoms with Gasteiger partial charge >= 0.3 is 0 Å². The Hall–Kier alpha value is -2.40. The van der Waals surface area contributed by atoms with Crippen molar-refractivity contribution in [2.45, 2.75) is 18.4 Å². The number of nitrogens with zero attached hydrogens (tertiary/aromatic N) is 1. The van der Waals surface area contributed by atoms with Crippen LogP contribution in [0.5, 0.6) is 0 Å². The fraction of sp³-hybridized carbons (Fsp3) is 0.222. The molecule has 0 amide bonds. The first-order chi connectivity index (χ1) is 11.6.